The highest BCUT2D eigenvalue weighted by atomic mass is 79.9. The molecule has 0 heterocycles. The first kappa shape index (κ1) is 14.7. The fraction of sp³-hybridized carbons (Fsp3) is 0.462. The second kappa shape index (κ2) is 6.18. The summed E-state index contributed by atoms with van der Waals surface area (Å²) in [6.45, 7) is 0.479. The summed E-state index contributed by atoms with van der Waals surface area (Å²) in [7, 11) is 0. The largest absolute Gasteiger partial charge is 0.335 e. The lowest BCUT2D eigenvalue weighted by molar-refractivity contribution is 0.0594. The number of nitrogens with zero attached hydrogens (tertiary/aromatic N) is 1. The van der Waals surface area contributed by atoms with Crippen molar-refractivity contribution in [1.82, 2.24) is 4.90 Å². The van der Waals surface area contributed by atoms with Crippen molar-refractivity contribution < 1.29 is 13.6 Å². The van der Waals surface area contributed by atoms with Gasteiger partial charge in [0.1, 0.15) is 11.6 Å². The predicted molar refractivity (Wildman–Crippen MR) is 73.8 cm³/mol. The molecule has 0 saturated heterocycles. The van der Waals surface area contributed by atoms with E-state index in [0.717, 1.165) is 31.4 Å². The Balaban J connectivity index is 2.28. The lowest BCUT2D eigenvalue weighted by atomic mass is 9.91. The van der Waals surface area contributed by atoms with Crippen molar-refractivity contribution in [1.29, 1.82) is 0 Å². The van der Waals surface area contributed by atoms with Crippen molar-refractivity contribution in [2.45, 2.75) is 25.3 Å². The Morgan fingerprint density at radius 1 is 1.37 bits per heavy atom. The van der Waals surface area contributed by atoms with Crippen LogP contribution in [-0.2, 0) is 0 Å². The van der Waals surface area contributed by atoms with Crippen molar-refractivity contribution in [3.8, 4) is 0 Å². The van der Waals surface area contributed by atoms with E-state index in [1.165, 1.54) is 0 Å². The molecule has 1 aromatic carbocycles. The molecular formula is C13H13BrClF2NO. The minimum atomic E-state index is -0.782. The highest BCUT2D eigenvalue weighted by molar-refractivity contribution is 9.09. The molecule has 1 aliphatic rings. The molecule has 0 N–H and O–H groups in total. The van der Waals surface area contributed by atoms with Gasteiger partial charge in [0.05, 0.1) is 10.6 Å². The van der Waals surface area contributed by atoms with Crippen molar-refractivity contribution in [3.05, 3.63) is 34.4 Å². The molecule has 1 aromatic rings. The Morgan fingerprint density at radius 3 is 2.58 bits per heavy atom. The quantitative estimate of drug-likeness (QED) is 0.592. The van der Waals surface area contributed by atoms with Gasteiger partial charge in [0.25, 0.3) is 5.91 Å². The molecular weight excluding hydrogens is 340 g/mol. The lowest BCUT2D eigenvalue weighted by Gasteiger charge is -2.37. The van der Waals surface area contributed by atoms with E-state index in [0.29, 0.717) is 11.9 Å². The summed E-state index contributed by atoms with van der Waals surface area (Å²) in [6, 6.07) is 1.85. The van der Waals surface area contributed by atoms with Gasteiger partial charge in [0.2, 0.25) is 0 Å². The highest BCUT2D eigenvalue weighted by Crippen LogP contribution is 2.28. The number of hydrogen-bond acceptors (Lipinski definition) is 1. The average Bonchev–Trinajstić information content (AvgIpc) is 2.30. The molecule has 0 unspecified atom stereocenters. The Labute approximate surface area is 123 Å². The number of carbonyl (C=O) groups excluding carboxylic acids is 1. The van der Waals surface area contributed by atoms with Gasteiger partial charge in [0.15, 0.2) is 0 Å². The van der Waals surface area contributed by atoms with Gasteiger partial charge in [0, 0.05) is 17.9 Å². The molecule has 0 spiro atoms. The molecule has 2 nitrogen and oxygen atoms in total. The van der Waals surface area contributed by atoms with Gasteiger partial charge in [-0.1, -0.05) is 27.5 Å². The zero-order chi connectivity index (χ0) is 14.0. The van der Waals surface area contributed by atoms with Crippen molar-refractivity contribution >= 4 is 33.4 Å². The Hall–Kier alpha value is -0.680. The molecule has 0 aliphatic heterocycles. The van der Waals surface area contributed by atoms with Crippen LogP contribution >= 0.6 is 27.5 Å². The molecule has 1 aliphatic carbocycles. The van der Waals surface area contributed by atoms with Gasteiger partial charge >= 0.3 is 0 Å². The van der Waals surface area contributed by atoms with Crippen LogP contribution in [0.15, 0.2) is 12.1 Å². The Morgan fingerprint density at radius 2 is 2.05 bits per heavy atom. The Kier molecular flexibility index (Phi) is 4.79. The molecule has 19 heavy (non-hydrogen) atoms. The maximum atomic E-state index is 13.8. The normalized spacial score (nSPS) is 15.2. The lowest BCUT2D eigenvalue weighted by Crippen LogP contribution is -2.45. The van der Waals surface area contributed by atoms with Crippen LogP contribution in [0.2, 0.25) is 5.02 Å². The smallest absolute Gasteiger partial charge is 0.257 e. The van der Waals surface area contributed by atoms with E-state index in [9.17, 15) is 13.6 Å². The van der Waals surface area contributed by atoms with Crippen molar-refractivity contribution in [3.63, 3.8) is 0 Å². The number of alkyl halides is 1. The van der Waals surface area contributed by atoms with Gasteiger partial charge in [-0.25, -0.2) is 8.78 Å². The maximum absolute atomic E-state index is 13.8. The first-order valence-electron chi connectivity index (χ1n) is 6.06. The zero-order valence-corrected chi connectivity index (χ0v) is 12.5. The van der Waals surface area contributed by atoms with Gasteiger partial charge in [-0.3, -0.25) is 4.79 Å². The number of hydrogen-bond donors (Lipinski definition) is 0. The highest BCUT2D eigenvalue weighted by Gasteiger charge is 2.30. The van der Waals surface area contributed by atoms with Crippen LogP contribution in [-0.4, -0.2) is 28.7 Å². The molecule has 0 bridgehead atoms. The summed E-state index contributed by atoms with van der Waals surface area (Å²) in [4.78, 5) is 13.9. The molecule has 104 valence electrons. The minimum Gasteiger partial charge on any atom is -0.335 e. The molecule has 2 rings (SSSR count). The topological polar surface area (TPSA) is 20.3 Å². The minimum absolute atomic E-state index is 0.128. The van der Waals surface area contributed by atoms with E-state index in [-0.39, 0.29) is 16.6 Å². The van der Waals surface area contributed by atoms with E-state index >= 15 is 0 Å². The Bertz CT molecular complexity index is 494. The fourth-order valence-corrected chi connectivity index (χ4v) is 2.61. The van der Waals surface area contributed by atoms with Crippen LogP contribution in [0.3, 0.4) is 0 Å². The summed E-state index contributed by atoms with van der Waals surface area (Å²) in [6.07, 6.45) is 2.89. The van der Waals surface area contributed by atoms with Crippen molar-refractivity contribution in [2.24, 2.45) is 0 Å². The molecule has 0 radical (unpaired) electrons. The maximum Gasteiger partial charge on any atom is 0.257 e. The van der Waals surface area contributed by atoms with Gasteiger partial charge in [-0.05, 0) is 31.4 Å². The van der Waals surface area contributed by atoms with E-state index < -0.39 is 17.5 Å². The summed E-state index contributed by atoms with van der Waals surface area (Å²) in [5.74, 6) is -2.04. The summed E-state index contributed by atoms with van der Waals surface area (Å²) in [5.41, 5.74) is -0.255. The number of rotatable bonds is 4. The van der Waals surface area contributed by atoms with Crippen molar-refractivity contribution in [2.75, 3.05) is 11.9 Å². The average molecular weight is 353 g/mol. The van der Waals surface area contributed by atoms with E-state index in [1.807, 2.05) is 0 Å². The number of halogens is 4. The van der Waals surface area contributed by atoms with Crippen LogP contribution < -0.4 is 0 Å². The summed E-state index contributed by atoms with van der Waals surface area (Å²) in [5, 5.41) is 0.289. The molecule has 0 atom stereocenters. The number of benzene rings is 1. The third-order valence-electron chi connectivity index (χ3n) is 3.34. The molecule has 1 amide bonds. The summed E-state index contributed by atoms with van der Waals surface area (Å²) < 4.78 is 27.1. The van der Waals surface area contributed by atoms with Crippen LogP contribution in [0.5, 0.6) is 0 Å². The second-order valence-corrected chi connectivity index (χ2v) is 5.72. The first-order valence-corrected chi connectivity index (χ1v) is 7.56. The summed E-state index contributed by atoms with van der Waals surface area (Å²) >= 11 is 8.76. The van der Waals surface area contributed by atoms with E-state index in [2.05, 4.69) is 15.9 Å². The van der Waals surface area contributed by atoms with Crippen LogP contribution in [0.1, 0.15) is 29.6 Å². The molecule has 1 saturated carbocycles. The molecule has 1 fully saturated rings. The molecule has 6 heteroatoms. The fourth-order valence-electron chi connectivity index (χ4n) is 2.08. The van der Waals surface area contributed by atoms with Crippen LogP contribution in [0.4, 0.5) is 8.78 Å². The van der Waals surface area contributed by atoms with Gasteiger partial charge < -0.3 is 4.90 Å². The SMILES string of the molecule is O=C(c1cc(F)c(Cl)cc1F)N(CCBr)C1CCC1. The number of carbonyl (C=O) groups is 1. The standard InChI is InChI=1S/C13H13BrClF2NO/c14-4-5-18(8-2-1-3-8)13(19)9-6-12(17)10(15)7-11(9)16/h6-8H,1-5H2. The number of amides is 1. The van der Waals surface area contributed by atoms with Crippen LogP contribution in [0, 0.1) is 11.6 Å². The van der Waals surface area contributed by atoms with Gasteiger partial charge in [-0.15, -0.1) is 0 Å². The second-order valence-electron chi connectivity index (χ2n) is 4.52. The van der Waals surface area contributed by atoms with E-state index in [4.69, 9.17) is 11.6 Å². The van der Waals surface area contributed by atoms with E-state index in [1.54, 1.807) is 4.90 Å². The first-order chi connectivity index (χ1) is 9.04. The third-order valence-corrected chi connectivity index (χ3v) is 3.99. The zero-order valence-electron chi connectivity index (χ0n) is 10.1. The van der Waals surface area contributed by atoms with Gasteiger partial charge in [-0.2, -0.15) is 0 Å². The third kappa shape index (κ3) is 3.08. The van der Waals surface area contributed by atoms with Crippen LogP contribution in [0.25, 0.3) is 0 Å². The molecule has 0 aromatic heterocycles. The predicted octanol–water partition coefficient (Wildman–Crippen LogP) is 4.01. The monoisotopic (exact) mass is 351 g/mol.